The normalized spacial score (nSPS) is 26.0. The maximum atomic E-state index is 13.2. The van der Waals surface area contributed by atoms with Crippen LogP contribution in [0.3, 0.4) is 0 Å². The van der Waals surface area contributed by atoms with Gasteiger partial charge in [0.05, 0.1) is 0 Å². The molecule has 2 saturated heterocycles. The average Bonchev–Trinajstić information content (AvgIpc) is 3.69. The summed E-state index contributed by atoms with van der Waals surface area (Å²) in [6, 6.07) is -0.877. The molecule has 0 saturated carbocycles. The number of carbonyl (C=O) groups excluding carboxylic acids is 2. The molecule has 0 bridgehead atoms. The van der Waals surface area contributed by atoms with Gasteiger partial charge in [0.25, 0.3) is 5.91 Å². The number of nitrogen functional groups attached to an aromatic ring is 1. The first kappa shape index (κ1) is 26.9. The zero-order valence-corrected chi connectivity index (χ0v) is 22.6. The summed E-state index contributed by atoms with van der Waals surface area (Å²) in [6.45, 7) is 0.117. The number of thioether (sulfide) groups is 2. The van der Waals surface area contributed by atoms with E-state index in [2.05, 4.69) is 41.3 Å². The fourth-order valence-electron chi connectivity index (χ4n) is 4.13. The van der Waals surface area contributed by atoms with E-state index in [0.29, 0.717) is 5.16 Å². The Balaban J connectivity index is 1.25. The van der Waals surface area contributed by atoms with Gasteiger partial charge in [0.1, 0.15) is 29.5 Å². The van der Waals surface area contributed by atoms with Gasteiger partial charge in [0.15, 0.2) is 5.13 Å². The summed E-state index contributed by atoms with van der Waals surface area (Å²) in [5.41, 5.74) is 4.24. The highest BCUT2D eigenvalue weighted by atomic mass is 32.2. The molecule has 2 aromatic heterocycles. The number of tetrazole rings is 1. The maximum absolute atomic E-state index is 13.2. The molecule has 39 heavy (non-hydrogen) atoms. The first-order chi connectivity index (χ1) is 18.8. The Kier molecular flexibility index (Phi) is 7.72. The molecule has 4 atom stereocenters. The van der Waals surface area contributed by atoms with E-state index in [1.807, 2.05) is 12.2 Å². The van der Waals surface area contributed by atoms with E-state index in [0.717, 1.165) is 36.1 Å². The molecule has 4 heterocycles. The number of hydrogen-bond donors (Lipinski definition) is 3. The van der Waals surface area contributed by atoms with Gasteiger partial charge in [-0.25, -0.2) is 4.68 Å². The lowest BCUT2D eigenvalue weighted by Gasteiger charge is -2.53. The van der Waals surface area contributed by atoms with Crippen LogP contribution in [0.1, 0.15) is 18.7 Å². The molecular weight excluding hydrogens is 568 g/mol. The summed E-state index contributed by atoms with van der Waals surface area (Å²) in [5, 5.41) is 28.1. The Bertz CT molecular complexity index is 1390. The topological polar surface area (TPSA) is 204 Å². The van der Waals surface area contributed by atoms with Crippen molar-refractivity contribution in [3.63, 3.8) is 0 Å². The summed E-state index contributed by atoms with van der Waals surface area (Å²) in [4.78, 5) is 49.5. The minimum atomic E-state index is -1.25. The van der Waals surface area contributed by atoms with E-state index in [4.69, 9.17) is 17.0 Å². The van der Waals surface area contributed by atoms with Gasteiger partial charge < -0.3 is 25.9 Å². The van der Waals surface area contributed by atoms with Gasteiger partial charge in [-0.3, -0.25) is 14.4 Å². The van der Waals surface area contributed by atoms with E-state index in [1.165, 1.54) is 21.3 Å². The zero-order valence-electron chi connectivity index (χ0n) is 20.2. The molecule has 4 N–H and O–H groups in total. The molecule has 3 aliphatic rings. The molecule has 2 amide bonds. The van der Waals surface area contributed by atoms with Gasteiger partial charge in [-0.2, -0.15) is 9.36 Å². The molecule has 0 spiro atoms. The van der Waals surface area contributed by atoms with Crippen molar-refractivity contribution in [2.45, 2.75) is 42.1 Å². The summed E-state index contributed by atoms with van der Waals surface area (Å²) >= 11 is 3.33. The van der Waals surface area contributed by atoms with E-state index >= 15 is 0 Å². The third kappa shape index (κ3) is 5.42. The van der Waals surface area contributed by atoms with Gasteiger partial charge in [0, 0.05) is 29.6 Å². The Morgan fingerprint density at radius 2 is 2.31 bits per heavy atom. The summed E-state index contributed by atoms with van der Waals surface area (Å²) < 4.78 is 5.45. The van der Waals surface area contributed by atoms with Crippen molar-refractivity contribution < 1.29 is 24.3 Å². The highest BCUT2D eigenvalue weighted by Gasteiger charge is 2.57. The van der Waals surface area contributed by atoms with Crippen LogP contribution in [0.2, 0.25) is 0 Å². The lowest BCUT2D eigenvalue weighted by atomic mass is 9.89. The number of anilines is 1. The number of terminal acetylenes is 1. The number of carbonyl (C=O) groups is 3. The lowest BCUT2D eigenvalue weighted by molar-refractivity contribution is -0.157. The van der Waals surface area contributed by atoms with Crippen molar-refractivity contribution >= 4 is 63.7 Å². The molecule has 0 aromatic carbocycles. The molecule has 3 unspecified atom stereocenters. The first-order valence-electron chi connectivity index (χ1n) is 11.6. The van der Waals surface area contributed by atoms with Gasteiger partial charge in [0.2, 0.25) is 22.6 Å². The van der Waals surface area contributed by atoms with Crippen LogP contribution in [0.25, 0.3) is 0 Å². The molecular formula is C21H22N10O5S3. The van der Waals surface area contributed by atoms with Crippen LogP contribution in [-0.4, -0.2) is 98.6 Å². The summed E-state index contributed by atoms with van der Waals surface area (Å²) in [7, 11) is 0. The molecule has 15 nitrogen and oxygen atoms in total. The number of aromatic nitrogens is 6. The lowest BCUT2D eigenvalue weighted by Crippen LogP contribution is -2.74. The van der Waals surface area contributed by atoms with Crippen LogP contribution in [0.15, 0.2) is 22.5 Å². The van der Waals surface area contributed by atoms with Crippen molar-refractivity contribution in [3.8, 4) is 12.3 Å². The number of carboxylic acids is 1. The van der Waals surface area contributed by atoms with Crippen LogP contribution in [-0.2, 0) is 25.8 Å². The number of hydrogen-bond acceptors (Lipinski definition) is 14. The molecule has 204 valence electrons. The van der Waals surface area contributed by atoms with Crippen LogP contribution >= 0.6 is 35.1 Å². The number of carboxylic acid groups (broad SMARTS) is 1. The quantitative estimate of drug-likeness (QED) is 0.0794. The molecule has 2 aliphatic heterocycles. The van der Waals surface area contributed by atoms with Gasteiger partial charge in [-0.15, -0.1) is 23.3 Å². The Morgan fingerprint density at radius 3 is 3.00 bits per heavy atom. The Labute approximate surface area is 234 Å². The molecule has 0 radical (unpaired) electrons. The monoisotopic (exact) mass is 590 g/mol. The molecule has 18 heteroatoms. The maximum Gasteiger partial charge on any atom is 0.313 e. The number of amides is 2. The molecule has 2 aromatic rings. The number of β-lactam (4-membered cyclic amide) rings is 1. The number of nitrogens with zero attached hydrogens (tertiary/aromatic N) is 8. The highest BCUT2D eigenvalue weighted by molar-refractivity contribution is 8.00. The zero-order chi connectivity index (χ0) is 27.6. The van der Waals surface area contributed by atoms with Crippen molar-refractivity contribution in [3.05, 3.63) is 18.0 Å². The highest BCUT2D eigenvalue weighted by Crippen LogP contribution is 2.44. The first-order valence-corrected chi connectivity index (χ1v) is 14.4. The number of oxime groups is 1. The summed E-state index contributed by atoms with van der Waals surface area (Å²) in [5.74, 6) is 0.608. The van der Waals surface area contributed by atoms with Gasteiger partial charge in [-0.05, 0) is 29.3 Å². The number of rotatable bonds is 10. The van der Waals surface area contributed by atoms with E-state index in [1.54, 1.807) is 0 Å². The van der Waals surface area contributed by atoms with Crippen LogP contribution in [0.4, 0.5) is 5.13 Å². The van der Waals surface area contributed by atoms with Crippen molar-refractivity contribution in [1.29, 1.82) is 0 Å². The molecule has 5 rings (SSSR count). The van der Waals surface area contributed by atoms with Gasteiger partial charge >= 0.3 is 5.97 Å². The molecule has 1 aliphatic carbocycles. The fraction of sp³-hybridized carbons (Fsp3) is 0.476. The van der Waals surface area contributed by atoms with Gasteiger partial charge in [-0.1, -0.05) is 28.9 Å². The smallest absolute Gasteiger partial charge is 0.313 e. The third-order valence-corrected chi connectivity index (χ3v) is 9.60. The standard InChI is InChI=1S/C21H22N10O5S3/c1-2-7-31-20(25-28-29-31)38-10-21(18(34)35)8-30-16(33)13(17(30)37-9-21)23-15(32)12(14-24-19(22)39-27-14)26-36-11-5-3-4-6-11/h1,3,5,11,13,17H,4,6-10H2,(H,23,32)(H,34,35)(H2,22,24,27)/t11?,13?,17-,21?/m1/s1. The Hall–Kier alpha value is -3.69. The SMILES string of the molecule is C#CCn1nnnc1SCC1(C(=O)O)CS[C@@H]2C(NC(=O)C(=NOC3C=CCC3)c3nsc(N)n3)C(=O)N2C1. The number of aliphatic carboxylic acids is 1. The largest absolute Gasteiger partial charge is 0.481 e. The number of nitrogens with two attached hydrogens (primary N) is 1. The summed E-state index contributed by atoms with van der Waals surface area (Å²) in [6.07, 6.45) is 10.4. The van der Waals surface area contributed by atoms with Crippen molar-refractivity contribution in [2.75, 3.05) is 23.8 Å². The Morgan fingerprint density at radius 1 is 1.46 bits per heavy atom. The van der Waals surface area contributed by atoms with Crippen LogP contribution in [0.5, 0.6) is 0 Å². The van der Waals surface area contributed by atoms with E-state index in [9.17, 15) is 19.5 Å². The molecule has 2 fully saturated rings. The number of nitrogens with one attached hydrogen (secondary N) is 1. The van der Waals surface area contributed by atoms with Crippen LogP contribution < -0.4 is 11.1 Å². The second-order valence-corrected chi connectivity index (χ2v) is 11.7. The van der Waals surface area contributed by atoms with E-state index < -0.39 is 34.6 Å². The van der Waals surface area contributed by atoms with Crippen molar-refractivity contribution in [2.24, 2.45) is 10.6 Å². The minimum Gasteiger partial charge on any atom is -0.481 e. The second-order valence-electron chi connectivity index (χ2n) is 8.86. The average molecular weight is 591 g/mol. The fourth-order valence-corrected chi connectivity index (χ4v) is 7.30. The van der Waals surface area contributed by atoms with Crippen LogP contribution in [0, 0.1) is 17.8 Å². The number of fused-ring (bicyclic) bond motifs is 1. The van der Waals surface area contributed by atoms with E-state index in [-0.39, 0.29) is 47.4 Å². The predicted molar refractivity (Wildman–Crippen MR) is 141 cm³/mol. The van der Waals surface area contributed by atoms with Crippen molar-refractivity contribution in [1.82, 2.24) is 39.8 Å². The number of allylic oxidation sites excluding steroid dienone is 1. The predicted octanol–water partition coefficient (Wildman–Crippen LogP) is -0.557. The minimum absolute atomic E-state index is 0.00834. The third-order valence-electron chi connectivity index (χ3n) is 6.22. The second kappa shape index (κ2) is 11.2.